The highest BCUT2D eigenvalue weighted by molar-refractivity contribution is 7.89. The van der Waals surface area contributed by atoms with Crippen molar-refractivity contribution in [2.24, 2.45) is 5.14 Å². The summed E-state index contributed by atoms with van der Waals surface area (Å²) < 4.78 is 34.9. The number of nitrogens with two attached hydrogens (primary N) is 1. The second-order valence-corrected chi connectivity index (χ2v) is 4.35. The molecule has 0 heterocycles. The van der Waals surface area contributed by atoms with Gasteiger partial charge in [-0.3, -0.25) is 10.1 Å². The third kappa shape index (κ3) is 2.10. The second kappa shape index (κ2) is 3.55. The predicted molar refractivity (Wildman–Crippen MR) is 49.2 cm³/mol. The van der Waals surface area contributed by atoms with Gasteiger partial charge in [-0.25, -0.2) is 17.9 Å². The molecule has 0 amide bonds. The number of benzene rings is 1. The minimum atomic E-state index is -4.23. The smallest absolute Gasteiger partial charge is 0.258 e. The Hall–Kier alpha value is -1.54. The number of hydrogen-bond acceptors (Lipinski definition) is 4. The van der Waals surface area contributed by atoms with E-state index >= 15 is 0 Å². The van der Waals surface area contributed by atoms with Crippen molar-refractivity contribution >= 4 is 15.7 Å². The molecule has 0 saturated heterocycles. The Morgan fingerprint density at radius 2 is 2.00 bits per heavy atom. The first kappa shape index (κ1) is 11.5. The highest BCUT2D eigenvalue weighted by Crippen LogP contribution is 2.28. The van der Waals surface area contributed by atoms with Gasteiger partial charge < -0.3 is 0 Å². The summed E-state index contributed by atoms with van der Waals surface area (Å²) in [5.41, 5.74) is -1.18. The van der Waals surface area contributed by atoms with E-state index in [2.05, 4.69) is 0 Å². The van der Waals surface area contributed by atoms with E-state index in [-0.39, 0.29) is 5.56 Å². The molecule has 82 valence electrons. The van der Waals surface area contributed by atoms with E-state index < -0.39 is 31.3 Å². The fraction of sp³-hybridized carbons (Fsp3) is 0.143. The molecule has 0 aromatic heterocycles. The van der Waals surface area contributed by atoms with Crippen LogP contribution in [0.4, 0.5) is 10.1 Å². The molecule has 0 aliphatic heterocycles. The van der Waals surface area contributed by atoms with Crippen molar-refractivity contribution in [3.63, 3.8) is 0 Å². The zero-order valence-electron chi connectivity index (χ0n) is 7.60. The molecular weight excluding hydrogens is 227 g/mol. The Balaban J connectivity index is 3.70. The van der Waals surface area contributed by atoms with Crippen LogP contribution < -0.4 is 5.14 Å². The van der Waals surface area contributed by atoms with E-state index in [4.69, 9.17) is 5.14 Å². The van der Waals surface area contributed by atoms with E-state index in [1.807, 2.05) is 0 Å². The van der Waals surface area contributed by atoms with Crippen LogP contribution in [0.25, 0.3) is 0 Å². The van der Waals surface area contributed by atoms with Gasteiger partial charge in [-0.15, -0.1) is 0 Å². The molecular formula is C7H7FN2O4S. The van der Waals surface area contributed by atoms with E-state index in [0.717, 1.165) is 19.1 Å². The number of halogens is 1. The fourth-order valence-electron chi connectivity index (χ4n) is 1.11. The molecule has 0 radical (unpaired) electrons. The number of hydrogen-bond donors (Lipinski definition) is 1. The van der Waals surface area contributed by atoms with Gasteiger partial charge in [0.1, 0.15) is 5.82 Å². The van der Waals surface area contributed by atoms with Crippen molar-refractivity contribution in [1.29, 1.82) is 0 Å². The molecule has 0 unspecified atom stereocenters. The molecule has 0 atom stereocenters. The normalized spacial score (nSPS) is 11.4. The lowest BCUT2D eigenvalue weighted by molar-refractivity contribution is -0.388. The first-order valence-corrected chi connectivity index (χ1v) is 5.26. The van der Waals surface area contributed by atoms with Gasteiger partial charge in [0, 0.05) is 0 Å². The maximum Gasteiger partial charge on any atom is 0.295 e. The average Bonchev–Trinajstić information content (AvgIpc) is 2.06. The summed E-state index contributed by atoms with van der Waals surface area (Å²) in [6, 6.07) is 1.60. The molecule has 0 spiro atoms. The maximum atomic E-state index is 13.0. The van der Waals surface area contributed by atoms with Crippen LogP contribution in [-0.4, -0.2) is 13.3 Å². The molecule has 0 bridgehead atoms. The first-order valence-electron chi connectivity index (χ1n) is 3.71. The van der Waals surface area contributed by atoms with Gasteiger partial charge in [-0.05, 0) is 19.1 Å². The van der Waals surface area contributed by atoms with Crippen molar-refractivity contribution in [3.05, 3.63) is 33.6 Å². The van der Waals surface area contributed by atoms with Crippen molar-refractivity contribution in [3.8, 4) is 0 Å². The summed E-state index contributed by atoms with van der Waals surface area (Å²) in [7, 11) is -4.23. The Bertz CT molecular complexity index is 526. The molecule has 1 rings (SSSR count). The zero-order valence-corrected chi connectivity index (χ0v) is 8.41. The predicted octanol–water partition coefficient (Wildman–Crippen LogP) is 0.690. The number of rotatable bonds is 2. The van der Waals surface area contributed by atoms with E-state index in [9.17, 15) is 22.9 Å². The summed E-state index contributed by atoms with van der Waals surface area (Å²) in [6.07, 6.45) is 0. The number of nitro groups is 1. The standard InChI is InChI=1S/C7H7FN2O4S/c1-4-5(8)2-3-6(15(9,13)14)7(4)10(11)12/h2-3H,1H3,(H2,9,13,14). The lowest BCUT2D eigenvalue weighted by Crippen LogP contribution is -2.15. The topological polar surface area (TPSA) is 103 Å². The Kier molecular flexibility index (Phi) is 2.73. The number of sulfonamides is 1. The van der Waals surface area contributed by atoms with E-state index in [1.165, 1.54) is 0 Å². The van der Waals surface area contributed by atoms with Gasteiger partial charge in [-0.2, -0.15) is 0 Å². The van der Waals surface area contributed by atoms with Crippen LogP contribution in [0.5, 0.6) is 0 Å². The molecule has 8 heteroatoms. The molecule has 15 heavy (non-hydrogen) atoms. The van der Waals surface area contributed by atoms with Gasteiger partial charge in [0.05, 0.1) is 10.5 Å². The highest BCUT2D eigenvalue weighted by atomic mass is 32.2. The monoisotopic (exact) mass is 234 g/mol. The molecule has 1 aromatic rings. The highest BCUT2D eigenvalue weighted by Gasteiger charge is 2.26. The summed E-state index contributed by atoms with van der Waals surface area (Å²) in [6.45, 7) is 1.11. The number of nitro benzene ring substituents is 1. The van der Waals surface area contributed by atoms with E-state index in [1.54, 1.807) is 0 Å². The molecule has 0 fully saturated rings. The van der Waals surface area contributed by atoms with E-state index in [0.29, 0.717) is 0 Å². The Morgan fingerprint density at radius 3 is 2.40 bits per heavy atom. The first-order chi connectivity index (χ1) is 6.75. The van der Waals surface area contributed by atoms with Crippen LogP contribution in [0.2, 0.25) is 0 Å². The van der Waals surface area contributed by atoms with Crippen molar-refractivity contribution < 1.29 is 17.7 Å². The Morgan fingerprint density at radius 1 is 1.47 bits per heavy atom. The number of primary sulfonamides is 1. The largest absolute Gasteiger partial charge is 0.295 e. The van der Waals surface area contributed by atoms with Crippen LogP contribution in [0.15, 0.2) is 17.0 Å². The van der Waals surface area contributed by atoms with Crippen molar-refractivity contribution in [2.45, 2.75) is 11.8 Å². The molecule has 6 nitrogen and oxygen atoms in total. The maximum absolute atomic E-state index is 13.0. The molecule has 0 aliphatic rings. The van der Waals surface area contributed by atoms with Crippen LogP contribution in [-0.2, 0) is 10.0 Å². The van der Waals surface area contributed by atoms with Crippen LogP contribution in [0, 0.1) is 22.9 Å². The van der Waals surface area contributed by atoms with Crippen LogP contribution in [0.1, 0.15) is 5.56 Å². The second-order valence-electron chi connectivity index (χ2n) is 2.82. The van der Waals surface area contributed by atoms with Gasteiger partial charge in [0.25, 0.3) is 5.69 Å². The fourth-order valence-corrected chi connectivity index (χ4v) is 1.86. The summed E-state index contributed by atoms with van der Waals surface area (Å²) in [5, 5.41) is 15.3. The van der Waals surface area contributed by atoms with Gasteiger partial charge in [0.2, 0.25) is 10.0 Å². The Labute approximate surface area is 84.7 Å². The zero-order chi connectivity index (χ0) is 11.8. The molecule has 0 saturated carbocycles. The third-order valence-corrected chi connectivity index (χ3v) is 2.76. The van der Waals surface area contributed by atoms with Gasteiger partial charge in [-0.1, -0.05) is 0 Å². The average molecular weight is 234 g/mol. The van der Waals surface area contributed by atoms with Crippen molar-refractivity contribution in [1.82, 2.24) is 0 Å². The van der Waals surface area contributed by atoms with Gasteiger partial charge in [0.15, 0.2) is 4.90 Å². The quantitative estimate of drug-likeness (QED) is 0.600. The van der Waals surface area contributed by atoms with Crippen molar-refractivity contribution in [2.75, 3.05) is 0 Å². The lowest BCUT2D eigenvalue weighted by atomic mass is 10.2. The minimum absolute atomic E-state index is 0.355. The van der Waals surface area contributed by atoms with Crippen LogP contribution >= 0.6 is 0 Å². The minimum Gasteiger partial charge on any atom is -0.258 e. The third-order valence-electron chi connectivity index (χ3n) is 1.82. The summed E-state index contributed by atoms with van der Waals surface area (Å²) in [5.74, 6) is -0.853. The summed E-state index contributed by atoms with van der Waals surface area (Å²) >= 11 is 0. The summed E-state index contributed by atoms with van der Waals surface area (Å²) in [4.78, 5) is 8.90. The van der Waals surface area contributed by atoms with Crippen LogP contribution in [0.3, 0.4) is 0 Å². The molecule has 2 N–H and O–H groups in total. The number of nitrogens with zero attached hydrogens (tertiary/aromatic N) is 1. The molecule has 1 aromatic carbocycles. The SMILES string of the molecule is Cc1c(F)ccc(S(N)(=O)=O)c1[N+](=O)[O-]. The lowest BCUT2D eigenvalue weighted by Gasteiger charge is -2.03. The van der Waals surface area contributed by atoms with Gasteiger partial charge >= 0.3 is 0 Å². The molecule has 0 aliphatic carbocycles.